The fourth-order valence-corrected chi connectivity index (χ4v) is 2.11. The Bertz CT molecular complexity index is 809. The predicted octanol–water partition coefficient (Wildman–Crippen LogP) is 3.82. The van der Waals surface area contributed by atoms with E-state index in [1.54, 1.807) is 18.2 Å². The van der Waals surface area contributed by atoms with Crippen LogP contribution in [0.5, 0.6) is 11.5 Å². The minimum Gasteiger partial charge on any atom is -0.508 e. The molecule has 0 spiro atoms. The number of benzene rings is 2. The molecule has 0 radical (unpaired) electrons. The van der Waals surface area contributed by atoms with E-state index in [1.807, 2.05) is 12.1 Å². The third kappa shape index (κ3) is 2.83. The summed E-state index contributed by atoms with van der Waals surface area (Å²) in [4.78, 5) is 4.39. The summed E-state index contributed by atoms with van der Waals surface area (Å²) in [6, 6.07) is 10.3. The van der Waals surface area contributed by atoms with Crippen LogP contribution in [0.25, 0.3) is 22.6 Å². The maximum Gasteiger partial charge on any atom is 0.227 e. The summed E-state index contributed by atoms with van der Waals surface area (Å²) in [6.45, 7) is 4.78. The first-order valence-corrected chi connectivity index (χ1v) is 7.15. The molecule has 0 aliphatic rings. The summed E-state index contributed by atoms with van der Waals surface area (Å²) in [5, 5.41) is 9.47. The van der Waals surface area contributed by atoms with Gasteiger partial charge in [-0.2, -0.15) is 0 Å². The smallest absolute Gasteiger partial charge is 0.227 e. The SMILES string of the molecule is CC(C)COc1ccc(-c2nc3ccc(O)cc3o2)cc1N. The zero-order valence-electron chi connectivity index (χ0n) is 12.5. The van der Waals surface area contributed by atoms with Crippen molar-refractivity contribution < 1.29 is 14.3 Å². The van der Waals surface area contributed by atoms with Crippen molar-refractivity contribution >= 4 is 16.8 Å². The molecule has 0 aliphatic heterocycles. The van der Waals surface area contributed by atoms with E-state index in [9.17, 15) is 5.11 Å². The van der Waals surface area contributed by atoms with Crippen molar-refractivity contribution in [3.63, 3.8) is 0 Å². The van der Waals surface area contributed by atoms with Crippen LogP contribution in [0.3, 0.4) is 0 Å². The van der Waals surface area contributed by atoms with Crippen molar-refractivity contribution in [3.05, 3.63) is 36.4 Å². The van der Waals surface area contributed by atoms with Gasteiger partial charge in [0.25, 0.3) is 0 Å². The van der Waals surface area contributed by atoms with Gasteiger partial charge in [-0.15, -0.1) is 0 Å². The van der Waals surface area contributed by atoms with Crippen LogP contribution in [0, 0.1) is 5.92 Å². The van der Waals surface area contributed by atoms with Crippen LogP contribution in [0.2, 0.25) is 0 Å². The highest BCUT2D eigenvalue weighted by molar-refractivity contribution is 5.78. The van der Waals surface area contributed by atoms with Gasteiger partial charge in [0.2, 0.25) is 5.89 Å². The molecule has 0 aliphatic carbocycles. The number of fused-ring (bicyclic) bond motifs is 1. The Kier molecular flexibility index (Phi) is 3.63. The summed E-state index contributed by atoms with van der Waals surface area (Å²) in [5.74, 6) is 1.70. The van der Waals surface area contributed by atoms with E-state index in [1.165, 1.54) is 6.07 Å². The number of aromatic hydroxyl groups is 1. The molecule has 3 aromatic rings. The average molecular weight is 298 g/mol. The van der Waals surface area contributed by atoms with Crippen molar-refractivity contribution in [1.82, 2.24) is 4.98 Å². The fraction of sp³-hybridized carbons (Fsp3) is 0.235. The van der Waals surface area contributed by atoms with E-state index in [2.05, 4.69) is 18.8 Å². The minimum atomic E-state index is 0.146. The lowest BCUT2D eigenvalue weighted by atomic mass is 10.2. The molecule has 0 saturated carbocycles. The molecule has 3 rings (SSSR count). The molecular formula is C17H18N2O3. The number of ether oxygens (including phenoxy) is 1. The Labute approximate surface area is 128 Å². The molecule has 0 bridgehead atoms. The van der Waals surface area contributed by atoms with Crippen molar-refractivity contribution in [1.29, 1.82) is 0 Å². The molecule has 3 N–H and O–H groups in total. The molecule has 0 saturated heterocycles. The third-order valence-electron chi connectivity index (χ3n) is 3.20. The molecule has 2 aromatic carbocycles. The van der Waals surface area contributed by atoms with Gasteiger partial charge in [0.05, 0.1) is 12.3 Å². The molecule has 0 fully saturated rings. The molecule has 1 aromatic heterocycles. The van der Waals surface area contributed by atoms with Crippen molar-refractivity contribution in [2.45, 2.75) is 13.8 Å². The molecule has 0 unspecified atom stereocenters. The van der Waals surface area contributed by atoms with Crippen molar-refractivity contribution in [2.75, 3.05) is 12.3 Å². The molecule has 5 heteroatoms. The molecule has 1 heterocycles. The van der Waals surface area contributed by atoms with E-state index in [-0.39, 0.29) is 5.75 Å². The van der Waals surface area contributed by atoms with Gasteiger partial charge in [-0.05, 0) is 36.2 Å². The molecule has 5 nitrogen and oxygen atoms in total. The van der Waals surface area contributed by atoms with Crippen molar-refractivity contribution in [2.24, 2.45) is 5.92 Å². The van der Waals surface area contributed by atoms with E-state index < -0.39 is 0 Å². The van der Waals surface area contributed by atoms with Gasteiger partial charge in [0, 0.05) is 11.6 Å². The molecule has 0 amide bonds. The normalized spacial score (nSPS) is 11.2. The average Bonchev–Trinajstić information content (AvgIpc) is 2.88. The fourth-order valence-electron chi connectivity index (χ4n) is 2.11. The van der Waals surface area contributed by atoms with Crippen LogP contribution in [-0.4, -0.2) is 16.7 Å². The molecule has 114 valence electrons. The quantitative estimate of drug-likeness (QED) is 0.716. The van der Waals surface area contributed by atoms with E-state index in [4.69, 9.17) is 14.9 Å². The zero-order chi connectivity index (χ0) is 15.7. The molecule has 0 atom stereocenters. The van der Waals surface area contributed by atoms with E-state index >= 15 is 0 Å². The van der Waals surface area contributed by atoms with Crippen LogP contribution < -0.4 is 10.5 Å². The Hall–Kier alpha value is -2.69. The number of oxazole rings is 1. The maximum absolute atomic E-state index is 9.47. The summed E-state index contributed by atoms with van der Waals surface area (Å²) in [5.41, 5.74) is 8.56. The Balaban J connectivity index is 1.91. The Morgan fingerprint density at radius 1 is 1.23 bits per heavy atom. The van der Waals surface area contributed by atoms with Gasteiger partial charge in [-0.25, -0.2) is 4.98 Å². The molecule has 22 heavy (non-hydrogen) atoms. The second-order valence-corrected chi connectivity index (χ2v) is 5.63. The van der Waals surface area contributed by atoms with Crippen LogP contribution in [-0.2, 0) is 0 Å². The number of nitrogens with two attached hydrogens (primary N) is 1. The number of rotatable bonds is 4. The summed E-state index contributed by atoms with van der Waals surface area (Å²) >= 11 is 0. The third-order valence-corrected chi connectivity index (χ3v) is 3.20. The number of phenols is 1. The lowest BCUT2D eigenvalue weighted by molar-refractivity contribution is 0.272. The van der Waals surface area contributed by atoms with Crippen LogP contribution >= 0.6 is 0 Å². The highest BCUT2D eigenvalue weighted by Crippen LogP contribution is 2.31. The summed E-state index contributed by atoms with van der Waals surface area (Å²) in [6.07, 6.45) is 0. The topological polar surface area (TPSA) is 81.5 Å². The number of aromatic nitrogens is 1. The number of hydrogen-bond donors (Lipinski definition) is 2. The first-order valence-electron chi connectivity index (χ1n) is 7.15. The second kappa shape index (κ2) is 5.60. The number of nitrogens with zero attached hydrogens (tertiary/aromatic N) is 1. The largest absolute Gasteiger partial charge is 0.508 e. The van der Waals surface area contributed by atoms with Crippen LogP contribution in [0.1, 0.15) is 13.8 Å². The Morgan fingerprint density at radius 3 is 2.77 bits per heavy atom. The number of nitrogen functional groups attached to an aromatic ring is 1. The lowest BCUT2D eigenvalue weighted by Crippen LogP contribution is -2.06. The number of hydrogen-bond acceptors (Lipinski definition) is 5. The Morgan fingerprint density at radius 2 is 2.05 bits per heavy atom. The standard InChI is InChI=1S/C17H18N2O3/c1-10(2)9-21-15-6-3-11(7-13(15)18)17-19-14-5-4-12(20)8-16(14)22-17/h3-8,10,20H,9,18H2,1-2H3. The first-order chi connectivity index (χ1) is 10.5. The maximum atomic E-state index is 9.47. The first kappa shape index (κ1) is 14.3. The molecular weight excluding hydrogens is 280 g/mol. The van der Waals surface area contributed by atoms with Crippen LogP contribution in [0.15, 0.2) is 40.8 Å². The zero-order valence-corrected chi connectivity index (χ0v) is 12.5. The highest BCUT2D eigenvalue weighted by atomic mass is 16.5. The van der Waals surface area contributed by atoms with E-state index in [0.717, 1.165) is 5.56 Å². The monoisotopic (exact) mass is 298 g/mol. The van der Waals surface area contributed by atoms with Gasteiger partial charge in [-0.3, -0.25) is 0 Å². The van der Waals surface area contributed by atoms with Gasteiger partial charge >= 0.3 is 0 Å². The summed E-state index contributed by atoms with van der Waals surface area (Å²) in [7, 11) is 0. The van der Waals surface area contributed by atoms with Gasteiger partial charge in [0.1, 0.15) is 17.0 Å². The highest BCUT2D eigenvalue weighted by Gasteiger charge is 2.11. The van der Waals surface area contributed by atoms with Crippen molar-refractivity contribution in [3.8, 4) is 23.0 Å². The predicted molar refractivity (Wildman–Crippen MR) is 85.9 cm³/mol. The minimum absolute atomic E-state index is 0.146. The van der Waals surface area contributed by atoms with E-state index in [0.29, 0.717) is 41.0 Å². The second-order valence-electron chi connectivity index (χ2n) is 5.63. The lowest BCUT2D eigenvalue weighted by Gasteiger charge is -2.11. The number of anilines is 1. The van der Waals surface area contributed by atoms with Crippen LogP contribution in [0.4, 0.5) is 5.69 Å². The van der Waals surface area contributed by atoms with Gasteiger partial charge < -0.3 is 20.0 Å². The van der Waals surface area contributed by atoms with Gasteiger partial charge in [0.15, 0.2) is 5.58 Å². The number of phenolic OH excluding ortho intramolecular Hbond substituents is 1. The summed E-state index contributed by atoms with van der Waals surface area (Å²) < 4.78 is 11.3. The van der Waals surface area contributed by atoms with Gasteiger partial charge in [-0.1, -0.05) is 13.8 Å².